The van der Waals surface area contributed by atoms with Crippen LogP contribution in [-0.2, 0) is 6.54 Å². The first-order chi connectivity index (χ1) is 13.7. The van der Waals surface area contributed by atoms with Crippen molar-refractivity contribution in [3.63, 3.8) is 0 Å². The van der Waals surface area contributed by atoms with E-state index in [9.17, 15) is 4.79 Å². The summed E-state index contributed by atoms with van der Waals surface area (Å²) in [4.78, 5) is 15.4. The fraction of sp³-hybridized carbons (Fsp3) is 0.0455. The van der Waals surface area contributed by atoms with Crippen molar-refractivity contribution in [3.05, 3.63) is 96.4 Å². The van der Waals surface area contributed by atoms with Gasteiger partial charge in [-0.3, -0.25) is 9.78 Å². The molecule has 6 heteroatoms. The number of pyridine rings is 1. The van der Waals surface area contributed by atoms with E-state index in [1.165, 1.54) is 0 Å². The van der Waals surface area contributed by atoms with Gasteiger partial charge in [0.05, 0.1) is 11.4 Å². The minimum atomic E-state index is -0.436. The van der Waals surface area contributed by atoms with Crippen LogP contribution in [-0.4, -0.2) is 20.7 Å². The summed E-state index contributed by atoms with van der Waals surface area (Å²) in [7, 11) is 0. The summed E-state index contributed by atoms with van der Waals surface area (Å²) in [6.45, 7) is 0.576. The normalized spacial score (nSPS) is 10.6. The van der Waals surface area contributed by atoms with E-state index < -0.39 is 5.91 Å². The van der Waals surface area contributed by atoms with Crippen LogP contribution in [0.4, 0.5) is 5.69 Å². The lowest BCUT2D eigenvalue weighted by Crippen LogP contribution is -2.10. The number of primary amides is 1. The van der Waals surface area contributed by atoms with E-state index in [4.69, 9.17) is 10.8 Å². The smallest absolute Gasteiger partial charge is 0.248 e. The molecule has 0 bridgehead atoms. The van der Waals surface area contributed by atoms with Gasteiger partial charge in [-0.2, -0.15) is 5.10 Å². The number of benzene rings is 2. The van der Waals surface area contributed by atoms with Crippen molar-refractivity contribution in [2.24, 2.45) is 5.73 Å². The van der Waals surface area contributed by atoms with Gasteiger partial charge in [0.2, 0.25) is 5.91 Å². The zero-order chi connectivity index (χ0) is 19.3. The molecule has 0 spiro atoms. The zero-order valence-corrected chi connectivity index (χ0v) is 15.1. The van der Waals surface area contributed by atoms with Crippen molar-refractivity contribution in [2.75, 3.05) is 5.32 Å². The Balaban J connectivity index is 1.63. The minimum Gasteiger partial charge on any atom is -0.381 e. The predicted octanol–water partition coefficient (Wildman–Crippen LogP) is 3.65. The highest BCUT2D eigenvalue weighted by Crippen LogP contribution is 2.24. The average Bonchev–Trinajstić information content (AvgIpc) is 3.18. The van der Waals surface area contributed by atoms with Crippen molar-refractivity contribution in [1.29, 1.82) is 0 Å². The molecule has 4 rings (SSSR count). The van der Waals surface area contributed by atoms with Crippen LogP contribution < -0.4 is 11.1 Å². The summed E-state index contributed by atoms with van der Waals surface area (Å²) in [5.74, 6) is -0.436. The molecule has 0 atom stereocenters. The molecule has 0 aliphatic heterocycles. The quantitative estimate of drug-likeness (QED) is 0.543. The van der Waals surface area contributed by atoms with Crippen molar-refractivity contribution in [3.8, 4) is 16.9 Å². The summed E-state index contributed by atoms with van der Waals surface area (Å²) < 4.78 is 1.87. The van der Waals surface area contributed by atoms with E-state index in [1.54, 1.807) is 18.3 Å². The summed E-state index contributed by atoms with van der Waals surface area (Å²) in [5.41, 5.74) is 10.5. The van der Waals surface area contributed by atoms with Crippen LogP contribution in [0.25, 0.3) is 16.9 Å². The number of para-hydroxylation sites is 1. The Labute approximate surface area is 162 Å². The van der Waals surface area contributed by atoms with E-state index in [2.05, 4.69) is 10.3 Å². The van der Waals surface area contributed by atoms with Crippen molar-refractivity contribution >= 4 is 11.6 Å². The Hall–Kier alpha value is -3.93. The summed E-state index contributed by atoms with van der Waals surface area (Å²) >= 11 is 0. The van der Waals surface area contributed by atoms with Crippen molar-refractivity contribution < 1.29 is 4.79 Å². The van der Waals surface area contributed by atoms with E-state index in [0.717, 1.165) is 28.2 Å². The Morgan fingerprint density at radius 3 is 2.46 bits per heavy atom. The lowest BCUT2D eigenvalue weighted by Gasteiger charge is -2.07. The molecule has 0 radical (unpaired) electrons. The van der Waals surface area contributed by atoms with Crippen LogP contribution in [0.15, 0.2) is 85.3 Å². The first-order valence-corrected chi connectivity index (χ1v) is 8.89. The molecule has 0 aliphatic carbocycles. The van der Waals surface area contributed by atoms with Crippen LogP contribution in [0.1, 0.15) is 15.9 Å². The molecule has 138 valence electrons. The van der Waals surface area contributed by atoms with Gasteiger partial charge >= 0.3 is 0 Å². The standard InChI is InChI=1S/C22H19N5O/c23-22(28)16-8-10-19(11-9-16)25-14-18-15-27(20-6-2-1-3-7-20)26-21(18)17-5-4-12-24-13-17/h1-13,15,25H,14H2,(H2,23,28). The molecular formula is C22H19N5O. The van der Waals surface area contributed by atoms with Crippen LogP contribution in [0.2, 0.25) is 0 Å². The minimum absolute atomic E-state index is 0.436. The molecular weight excluding hydrogens is 350 g/mol. The molecule has 4 aromatic rings. The third-order valence-corrected chi connectivity index (χ3v) is 4.40. The number of hydrogen-bond donors (Lipinski definition) is 2. The van der Waals surface area contributed by atoms with Gasteiger partial charge in [-0.05, 0) is 48.5 Å². The van der Waals surface area contributed by atoms with Crippen LogP contribution in [0.5, 0.6) is 0 Å². The highest BCUT2D eigenvalue weighted by atomic mass is 16.1. The number of carbonyl (C=O) groups is 1. The average molecular weight is 369 g/mol. The highest BCUT2D eigenvalue weighted by Gasteiger charge is 2.12. The van der Waals surface area contributed by atoms with Crippen LogP contribution >= 0.6 is 0 Å². The van der Waals surface area contributed by atoms with Gasteiger partial charge in [0.15, 0.2) is 0 Å². The number of nitrogens with two attached hydrogens (primary N) is 1. The molecule has 6 nitrogen and oxygen atoms in total. The zero-order valence-electron chi connectivity index (χ0n) is 15.1. The maximum absolute atomic E-state index is 11.2. The van der Waals surface area contributed by atoms with E-state index in [-0.39, 0.29) is 0 Å². The topological polar surface area (TPSA) is 85.8 Å². The molecule has 2 heterocycles. The van der Waals surface area contributed by atoms with Gasteiger partial charge in [0, 0.05) is 47.5 Å². The van der Waals surface area contributed by atoms with E-state index >= 15 is 0 Å². The van der Waals surface area contributed by atoms with Crippen LogP contribution in [0.3, 0.4) is 0 Å². The predicted molar refractivity (Wildman–Crippen MR) is 109 cm³/mol. The molecule has 0 saturated carbocycles. The highest BCUT2D eigenvalue weighted by molar-refractivity contribution is 5.93. The van der Waals surface area contributed by atoms with Crippen molar-refractivity contribution in [1.82, 2.24) is 14.8 Å². The lowest BCUT2D eigenvalue weighted by atomic mass is 10.1. The number of nitrogens with zero attached hydrogens (tertiary/aromatic N) is 3. The third-order valence-electron chi connectivity index (χ3n) is 4.40. The maximum atomic E-state index is 11.2. The Morgan fingerprint density at radius 1 is 1.00 bits per heavy atom. The maximum Gasteiger partial charge on any atom is 0.248 e. The second-order valence-electron chi connectivity index (χ2n) is 6.32. The summed E-state index contributed by atoms with van der Waals surface area (Å²) in [5, 5.41) is 8.15. The Morgan fingerprint density at radius 2 is 1.79 bits per heavy atom. The molecule has 0 saturated heterocycles. The number of amides is 1. The number of carbonyl (C=O) groups excluding carboxylic acids is 1. The van der Waals surface area contributed by atoms with Crippen molar-refractivity contribution in [2.45, 2.75) is 6.54 Å². The first kappa shape index (κ1) is 17.5. The SMILES string of the molecule is NC(=O)c1ccc(NCc2cn(-c3ccccc3)nc2-c2cccnc2)cc1. The van der Waals surface area contributed by atoms with Gasteiger partial charge in [0.1, 0.15) is 0 Å². The number of hydrogen-bond acceptors (Lipinski definition) is 4. The van der Waals surface area contributed by atoms with E-state index in [1.807, 2.05) is 71.7 Å². The Kier molecular flexibility index (Phi) is 4.84. The van der Waals surface area contributed by atoms with E-state index in [0.29, 0.717) is 12.1 Å². The molecule has 0 aliphatic rings. The van der Waals surface area contributed by atoms with Gasteiger partial charge < -0.3 is 11.1 Å². The van der Waals surface area contributed by atoms with Gasteiger partial charge in [0.25, 0.3) is 0 Å². The van der Waals surface area contributed by atoms with Gasteiger partial charge in [-0.15, -0.1) is 0 Å². The number of aromatic nitrogens is 3. The Bertz CT molecular complexity index is 1070. The first-order valence-electron chi connectivity index (χ1n) is 8.89. The molecule has 1 amide bonds. The second kappa shape index (κ2) is 7.75. The summed E-state index contributed by atoms with van der Waals surface area (Å²) in [6, 6.07) is 21.0. The molecule has 0 fully saturated rings. The summed E-state index contributed by atoms with van der Waals surface area (Å²) in [6.07, 6.45) is 5.57. The fourth-order valence-electron chi connectivity index (χ4n) is 2.95. The monoisotopic (exact) mass is 369 g/mol. The number of rotatable bonds is 6. The third kappa shape index (κ3) is 3.76. The van der Waals surface area contributed by atoms with Gasteiger partial charge in [-0.1, -0.05) is 18.2 Å². The fourth-order valence-corrected chi connectivity index (χ4v) is 2.95. The molecule has 28 heavy (non-hydrogen) atoms. The second-order valence-corrected chi connectivity index (χ2v) is 6.32. The molecule has 0 unspecified atom stereocenters. The van der Waals surface area contributed by atoms with Gasteiger partial charge in [-0.25, -0.2) is 4.68 Å². The van der Waals surface area contributed by atoms with Crippen LogP contribution in [0, 0.1) is 0 Å². The molecule has 3 N–H and O–H groups in total. The molecule has 2 aromatic heterocycles. The number of anilines is 1. The number of nitrogens with one attached hydrogen (secondary N) is 1. The lowest BCUT2D eigenvalue weighted by molar-refractivity contribution is 0.100. The molecule has 2 aromatic carbocycles. The largest absolute Gasteiger partial charge is 0.381 e.